The standard InChI is InChI=1S/C23H41N5O10/c29-20(30)13-25-5-6-26(14-21(31)32)9-10-28(16-23(35)36)19(12-27(8-7-25)15-22(33)34)11-17-1-3-18(4-2-17)24-38-37/h17-19,24,37H,1-16H2,(H,29,30)(H,31,32)(H,33,34)(H,35,36). The number of carboxylic acids is 4. The van der Waals surface area contributed by atoms with Crippen molar-refractivity contribution in [3.8, 4) is 0 Å². The fourth-order valence-electron chi connectivity index (χ4n) is 5.36. The van der Waals surface area contributed by atoms with Gasteiger partial charge >= 0.3 is 23.9 Å². The van der Waals surface area contributed by atoms with E-state index < -0.39 is 23.9 Å². The molecule has 1 saturated heterocycles. The lowest BCUT2D eigenvalue weighted by molar-refractivity contribution is -0.301. The van der Waals surface area contributed by atoms with Crippen LogP contribution in [0.25, 0.3) is 0 Å². The molecule has 1 aliphatic heterocycles. The van der Waals surface area contributed by atoms with Crippen molar-refractivity contribution in [1.29, 1.82) is 0 Å². The Bertz CT molecular complexity index is 780. The summed E-state index contributed by atoms with van der Waals surface area (Å²) in [4.78, 5) is 57.2. The van der Waals surface area contributed by atoms with Crippen molar-refractivity contribution >= 4 is 23.9 Å². The third kappa shape index (κ3) is 12.4. The molecule has 1 aliphatic carbocycles. The number of nitrogens with one attached hydrogen (secondary N) is 1. The van der Waals surface area contributed by atoms with E-state index in [1.54, 1.807) is 19.6 Å². The number of hydrogen-bond donors (Lipinski definition) is 6. The molecule has 2 fully saturated rings. The molecule has 0 aromatic rings. The van der Waals surface area contributed by atoms with Gasteiger partial charge < -0.3 is 20.4 Å². The van der Waals surface area contributed by atoms with Crippen molar-refractivity contribution in [2.24, 2.45) is 5.92 Å². The highest BCUT2D eigenvalue weighted by atomic mass is 17.2. The van der Waals surface area contributed by atoms with Gasteiger partial charge in [-0.1, -0.05) is 0 Å². The largest absolute Gasteiger partial charge is 0.480 e. The van der Waals surface area contributed by atoms with Gasteiger partial charge in [-0.3, -0.25) is 38.8 Å². The van der Waals surface area contributed by atoms with Crippen LogP contribution in [0.15, 0.2) is 0 Å². The lowest BCUT2D eigenvalue weighted by atomic mass is 9.82. The van der Waals surface area contributed by atoms with E-state index in [1.165, 1.54) is 0 Å². The predicted octanol–water partition coefficient (Wildman–Crippen LogP) is -1.14. The molecule has 38 heavy (non-hydrogen) atoms. The van der Waals surface area contributed by atoms with Crippen LogP contribution in [0.2, 0.25) is 0 Å². The second-order valence-electron chi connectivity index (χ2n) is 10.1. The second kappa shape index (κ2) is 16.5. The Hall–Kier alpha value is -2.40. The molecular weight excluding hydrogens is 506 g/mol. The average Bonchev–Trinajstić information content (AvgIpc) is 2.82. The fraction of sp³-hybridized carbons (Fsp3) is 0.826. The number of aliphatic carboxylic acids is 4. The van der Waals surface area contributed by atoms with E-state index in [2.05, 4.69) is 10.5 Å². The molecule has 1 saturated carbocycles. The summed E-state index contributed by atoms with van der Waals surface area (Å²) < 4.78 is 0. The summed E-state index contributed by atoms with van der Waals surface area (Å²) in [6.45, 7) is 0.820. The number of nitrogens with zero attached hydrogens (tertiary/aromatic N) is 4. The van der Waals surface area contributed by atoms with Gasteiger partial charge in [0.1, 0.15) is 0 Å². The topological polar surface area (TPSA) is 204 Å². The summed E-state index contributed by atoms with van der Waals surface area (Å²) in [6.07, 6.45) is 3.76. The summed E-state index contributed by atoms with van der Waals surface area (Å²) in [5.74, 6) is -3.89. The molecule has 0 aromatic carbocycles. The number of rotatable bonds is 12. The Balaban J connectivity index is 2.29. The van der Waals surface area contributed by atoms with Crippen LogP contribution in [-0.4, -0.2) is 153 Å². The van der Waals surface area contributed by atoms with E-state index in [4.69, 9.17) is 5.26 Å². The van der Waals surface area contributed by atoms with E-state index in [0.717, 1.165) is 25.7 Å². The number of carboxylic acid groups (broad SMARTS) is 4. The third-order valence-corrected chi connectivity index (χ3v) is 7.24. The molecule has 2 rings (SSSR count). The zero-order valence-electron chi connectivity index (χ0n) is 21.6. The van der Waals surface area contributed by atoms with Gasteiger partial charge in [0, 0.05) is 57.9 Å². The third-order valence-electron chi connectivity index (χ3n) is 7.24. The maximum absolute atomic E-state index is 11.8. The predicted molar refractivity (Wildman–Crippen MR) is 132 cm³/mol. The van der Waals surface area contributed by atoms with Gasteiger partial charge in [-0.05, 0) is 38.0 Å². The maximum atomic E-state index is 11.8. The van der Waals surface area contributed by atoms with Crippen LogP contribution >= 0.6 is 0 Å². The van der Waals surface area contributed by atoms with Crippen molar-refractivity contribution in [2.75, 3.05) is 72.0 Å². The van der Waals surface area contributed by atoms with Crippen LogP contribution in [-0.2, 0) is 24.2 Å². The van der Waals surface area contributed by atoms with Gasteiger partial charge in [0.15, 0.2) is 0 Å². The summed E-state index contributed by atoms with van der Waals surface area (Å²) in [5.41, 5.74) is 2.55. The molecule has 0 aromatic heterocycles. The first kappa shape index (κ1) is 31.8. The highest BCUT2D eigenvalue weighted by molar-refractivity contribution is 5.70. The van der Waals surface area contributed by atoms with Gasteiger partial charge in [0.05, 0.1) is 26.2 Å². The highest BCUT2D eigenvalue weighted by Gasteiger charge is 2.31. The van der Waals surface area contributed by atoms with Crippen LogP contribution in [0, 0.1) is 5.92 Å². The SMILES string of the molecule is O=C(O)CN1CCN(CC(=O)O)CCN(CC(=O)O)C(CC2CCC(NOO)CC2)CN(CC(=O)O)CC1. The van der Waals surface area contributed by atoms with E-state index in [0.29, 0.717) is 6.42 Å². The Morgan fingerprint density at radius 1 is 0.658 bits per heavy atom. The molecule has 0 bridgehead atoms. The first-order valence-electron chi connectivity index (χ1n) is 12.9. The van der Waals surface area contributed by atoms with Crippen molar-refractivity contribution in [3.63, 3.8) is 0 Å². The van der Waals surface area contributed by atoms with Gasteiger partial charge in [0.25, 0.3) is 0 Å². The minimum atomic E-state index is -1.03. The van der Waals surface area contributed by atoms with Gasteiger partial charge in [-0.15, -0.1) is 4.99 Å². The molecule has 0 radical (unpaired) electrons. The van der Waals surface area contributed by atoms with Crippen LogP contribution < -0.4 is 5.48 Å². The Labute approximate surface area is 221 Å². The first-order valence-corrected chi connectivity index (χ1v) is 12.9. The number of hydroxylamine groups is 1. The smallest absolute Gasteiger partial charge is 0.317 e. The van der Waals surface area contributed by atoms with Gasteiger partial charge in [0.2, 0.25) is 0 Å². The second-order valence-corrected chi connectivity index (χ2v) is 10.1. The molecule has 0 amide bonds. The van der Waals surface area contributed by atoms with E-state index in [9.17, 15) is 39.6 Å². The van der Waals surface area contributed by atoms with E-state index in [1.807, 2.05) is 0 Å². The average molecular weight is 548 g/mol. The summed E-state index contributed by atoms with van der Waals surface area (Å²) in [7, 11) is 0. The quantitative estimate of drug-likeness (QED) is 0.126. The molecule has 0 spiro atoms. The maximum Gasteiger partial charge on any atom is 0.317 e. The van der Waals surface area contributed by atoms with E-state index in [-0.39, 0.29) is 90.0 Å². The number of hydrogen-bond acceptors (Lipinski definition) is 11. The first-order chi connectivity index (χ1) is 18.0. The Morgan fingerprint density at radius 2 is 1.11 bits per heavy atom. The van der Waals surface area contributed by atoms with Crippen LogP contribution in [0.1, 0.15) is 32.1 Å². The molecule has 6 N–H and O–H groups in total. The highest BCUT2D eigenvalue weighted by Crippen LogP contribution is 2.29. The monoisotopic (exact) mass is 547 g/mol. The Morgan fingerprint density at radius 3 is 1.58 bits per heavy atom. The van der Waals surface area contributed by atoms with Gasteiger partial charge in [-0.25, -0.2) is 5.26 Å². The van der Waals surface area contributed by atoms with Crippen molar-refractivity contribution < 1.29 is 49.8 Å². The number of carbonyl (C=O) groups is 4. The van der Waals surface area contributed by atoms with Gasteiger partial charge in [-0.2, -0.15) is 5.48 Å². The molecular formula is C23H41N5O10. The van der Waals surface area contributed by atoms with E-state index >= 15 is 0 Å². The zero-order chi connectivity index (χ0) is 28.1. The lowest BCUT2D eigenvalue weighted by Gasteiger charge is -2.40. The molecule has 1 heterocycles. The summed E-state index contributed by atoms with van der Waals surface area (Å²) in [6, 6.07) is -0.302. The minimum absolute atomic E-state index is 0.0102. The molecule has 15 heteroatoms. The van der Waals surface area contributed by atoms with Crippen LogP contribution in [0.5, 0.6) is 0 Å². The molecule has 2 aliphatic rings. The summed E-state index contributed by atoms with van der Waals surface area (Å²) in [5, 5.41) is 46.5. The van der Waals surface area contributed by atoms with Crippen molar-refractivity contribution in [2.45, 2.75) is 44.2 Å². The van der Waals surface area contributed by atoms with Crippen LogP contribution in [0.4, 0.5) is 0 Å². The van der Waals surface area contributed by atoms with Crippen molar-refractivity contribution in [1.82, 2.24) is 25.1 Å². The Kier molecular flexibility index (Phi) is 13.8. The molecule has 1 unspecified atom stereocenters. The van der Waals surface area contributed by atoms with Crippen molar-refractivity contribution in [3.05, 3.63) is 0 Å². The molecule has 15 nitrogen and oxygen atoms in total. The minimum Gasteiger partial charge on any atom is -0.480 e. The van der Waals surface area contributed by atoms with Crippen LogP contribution in [0.3, 0.4) is 0 Å². The fourth-order valence-corrected chi connectivity index (χ4v) is 5.36. The normalized spacial score (nSPS) is 25.8. The summed E-state index contributed by atoms with van der Waals surface area (Å²) >= 11 is 0. The molecule has 1 atom stereocenters. The lowest BCUT2D eigenvalue weighted by Crippen LogP contribution is -2.53. The molecule has 218 valence electrons. The zero-order valence-corrected chi connectivity index (χ0v) is 21.6.